The minimum atomic E-state index is -0.859. The summed E-state index contributed by atoms with van der Waals surface area (Å²) in [5.41, 5.74) is 1.60. The predicted molar refractivity (Wildman–Crippen MR) is 81.6 cm³/mol. The fourth-order valence-corrected chi connectivity index (χ4v) is 3.12. The Hall–Kier alpha value is -2.63. The average molecular weight is 312 g/mol. The number of anilines is 1. The van der Waals surface area contributed by atoms with Crippen molar-refractivity contribution < 1.29 is 19.2 Å². The van der Waals surface area contributed by atoms with Gasteiger partial charge in [-0.3, -0.25) is 9.59 Å². The Morgan fingerprint density at radius 2 is 2.00 bits per heavy atom. The lowest BCUT2D eigenvalue weighted by molar-refractivity contribution is -0.139. The molecule has 1 amide bonds. The van der Waals surface area contributed by atoms with E-state index in [0.717, 1.165) is 18.6 Å². The first kappa shape index (κ1) is 14.0. The molecule has 1 saturated carbocycles. The summed E-state index contributed by atoms with van der Waals surface area (Å²) in [7, 11) is 0. The van der Waals surface area contributed by atoms with E-state index in [2.05, 4.69) is 5.16 Å². The molecule has 6 heteroatoms. The van der Waals surface area contributed by atoms with E-state index in [1.165, 1.54) is 0 Å². The van der Waals surface area contributed by atoms with Crippen molar-refractivity contribution in [2.75, 3.05) is 11.4 Å². The lowest BCUT2D eigenvalue weighted by Crippen LogP contribution is -2.38. The van der Waals surface area contributed by atoms with Gasteiger partial charge in [0.2, 0.25) is 0 Å². The van der Waals surface area contributed by atoms with E-state index in [9.17, 15) is 14.7 Å². The molecule has 0 saturated heterocycles. The van der Waals surface area contributed by atoms with Gasteiger partial charge < -0.3 is 14.5 Å². The molecule has 118 valence electrons. The average Bonchev–Trinajstić information content (AvgIpc) is 3.30. The number of carboxylic acid groups (broad SMARTS) is 1. The van der Waals surface area contributed by atoms with E-state index >= 15 is 0 Å². The van der Waals surface area contributed by atoms with Crippen LogP contribution in [0, 0.1) is 0 Å². The second kappa shape index (κ2) is 5.22. The number of rotatable bonds is 3. The van der Waals surface area contributed by atoms with E-state index in [4.69, 9.17) is 4.52 Å². The van der Waals surface area contributed by atoms with Crippen LogP contribution in [0.3, 0.4) is 0 Å². The standard InChI is InChI=1S/C17H16N2O4/c20-16(13-9-15(23-18-13)10-5-6-10)19-8-7-12(17(21)22)11-3-1-2-4-14(11)19/h1-4,9-10,12H,5-8H2,(H,21,22). The molecule has 1 aromatic carbocycles. The van der Waals surface area contributed by atoms with E-state index in [0.29, 0.717) is 30.1 Å². The van der Waals surface area contributed by atoms with Crippen molar-refractivity contribution in [3.63, 3.8) is 0 Å². The molecular formula is C17H16N2O4. The zero-order valence-corrected chi connectivity index (χ0v) is 12.4. The molecule has 0 spiro atoms. The molecule has 0 bridgehead atoms. The highest BCUT2D eigenvalue weighted by Crippen LogP contribution is 2.41. The molecular weight excluding hydrogens is 296 g/mol. The summed E-state index contributed by atoms with van der Waals surface area (Å²) in [5.74, 6) is -0.510. The van der Waals surface area contributed by atoms with Gasteiger partial charge in [-0.2, -0.15) is 0 Å². The van der Waals surface area contributed by atoms with Gasteiger partial charge in [-0.1, -0.05) is 23.4 Å². The number of carbonyl (C=O) groups excluding carboxylic acids is 1. The van der Waals surface area contributed by atoms with Crippen LogP contribution in [0.15, 0.2) is 34.9 Å². The maximum atomic E-state index is 12.8. The summed E-state index contributed by atoms with van der Waals surface area (Å²) >= 11 is 0. The number of benzene rings is 1. The molecule has 1 N–H and O–H groups in total. The molecule has 1 unspecified atom stereocenters. The third-order valence-corrected chi connectivity index (χ3v) is 4.51. The van der Waals surface area contributed by atoms with E-state index < -0.39 is 11.9 Å². The van der Waals surface area contributed by atoms with Gasteiger partial charge in [-0.05, 0) is 30.9 Å². The molecule has 0 radical (unpaired) electrons. The number of hydrogen-bond donors (Lipinski definition) is 1. The van der Waals surface area contributed by atoms with Crippen LogP contribution < -0.4 is 4.90 Å². The summed E-state index contributed by atoms with van der Waals surface area (Å²) < 4.78 is 5.26. The Morgan fingerprint density at radius 3 is 2.74 bits per heavy atom. The number of aromatic nitrogens is 1. The lowest BCUT2D eigenvalue weighted by atomic mass is 9.90. The Labute approximate surface area is 132 Å². The molecule has 1 aliphatic heterocycles. The number of fused-ring (bicyclic) bond motifs is 1. The van der Waals surface area contributed by atoms with Crippen LogP contribution in [0.4, 0.5) is 5.69 Å². The zero-order valence-electron chi connectivity index (χ0n) is 12.4. The maximum Gasteiger partial charge on any atom is 0.311 e. The van der Waals surface area contributed by atoms with Crippen molar-refractivity contribution in [1.82, 2.24) is 5.16 Å². The SMILES string of the molecule is O=C(O)C1CCN(C(=O)c2cc(C3CC3)on2)c2ccccc21. The highest BCUT2D eigenvalue weighted by atomic mass is 16.5. The van der Waals surface area contributed by atoms with Gasteiger partial charge in [0.05, 0.1) is 5.92 Å². The van der Waals surface area contributed by atoms with Gasteiger partial charge in [0.25, 0.3) is 5.91 Å². The van der Waals surface area contributed by atoms with Crippen molar-refractivity contribution in [2.45, 2.75) is 31.1 Å². The summed E-state index contributed by atoms with van der Waals surface area (Å²) in [4.78, 5) is 25.8. The lowest BCUT2D eigenvalue weighted by Gasteiger charge is -2.32. The van der Waals surface area contributed by atoms with Crippen LogP contribution in [-0.4, -0.2) is 28.7 Å². The Bertz CT molecular complexity index is 778. The first-order valence-electron chi connectivity index (χ1n) is 7.75. The van der Waals surface area contributed by atoms with Gasteiger partial charge in [-0.15, -0.1) is 0 Å². The quantitative estimate of drug-likeness (QED) is 0.942. The van der Waals surface area contributed by atoms with Crippen molar-refractivity contribution in [2.24, 2.45) is 0 Å². The number of hydrogen-bond acceptors (Lipinski definition) is 4. The van der Waals surface area contributed by atoms with Crippen LogP contribution in [-0.2, 0) is 4.79 Å². The number of carbonyl (C=O) groups is 2. The molecule has 1 atom stereocenters. The molecule has 23 heavy (non-hydrogen) atoms. The number of para-hydroxylation sites is 1. The molecule has 1 aromatic heterocycles. The van der Waals surface area contributed by atoms with Gasteiger partial charge >= 0.3 is 5.97 Å². The first-order chi connectivity index (χ1) is 11.1. The summed E-state index contributed by atoms with van der Waals surface area (Å²) in [6.07, 6.45) is 2.55. The van der Waals surface area contributed by atoms with Crippen LogP contribution >= 0.6 is 0 Å². The van der Waals surface area contributed by atoms with E-state index in [-0.39, 0.29) is 11.6 Å². The Morgan fingerprint density at radius 1 is 1.22 bits per heavy atom. The predicted octanol–water partition coefficient (Wildman–Crippen LogP) is 2.77. The second-order valence-corrected chi connectivity index (χ2v) is 6.08. The Balaban J connectivity index is 1.66. The van der Waals surface area contributed by atoms with Gasteiger partial charge in [0.15, 0.2) is 5.69 Å². The van der Waals surface area contributed by atoms with Crippen LogP contribution in [0.25, 0.3) is 0 Å². The fourth-order valence-electron chi connectivity index (χ4n) is 3.12. The normalized spacial score (nSPS) is 20.2. The third kappa shape index (κ3) is 2.40. The molecule has 6 nitrogen and oxygen atoms in total. The van der Waals surface area contributed by atoms with Crippen molar-refractivity contribution in [1.29, 1.82) is 0 Å². The largest absolute Gasteiger partial charge is 0.481 e. The molecule has 2 heterocycles. The highest BCUT2D eigenvalue weighted by Gasteiger charge is 2.35. The first-order valence-corrected chi connectivity index (χ1v) is 7.75. The highest BCUT2D eigenvalue weighted by molar-refractivity contribution is 6.06. The molecule has 1 fully saturated rings. The van der Waals surface area contributed by atoms with E-state index in [1.54, 1.807) is 29.2 Å². The summed E-state index contributed by atoms with van der Waals surface area (Å²) in [5, 5.41) is 13.3. The van der Waals surface area contributed by atoms with E-state index in [1.807, 2.05) is 6.07 Å². The van der Waals surface area contributed by atoms with Crippen LogP contribution in [0.2, 0.25) is 0 Å². The molecule has 4 rings (SSSR count). The number of amides is 1. The van der Waals surface area contributed by atoms with Crippen molar-refractivity contribution >= 4 is 17.6 Å². The zero-order chi connectivity index (χ0) is 16.0. The van der Waals surface area contributed by atoms with Crippen molar-refractivity contribution in [3.8, 4) is 0 Å². The third-order valence-electron chi connectivity index (χ3n) is 4.51. The van der Waals surface area contributed by atoms with Gasteiger partial charge in [0.1, 0.15) is 5.76 Å². The molecule has 2 aromatic rings. The minimum absolute atomic E-state index is 0.239. The second-order valence-electron chi connectivity index (χ2n) is 6.08. The minimum Gasteiger partial charge on any atom is -0.481 e. The summed E-state index contributed by atoms with van der Waals surface area (Å²) in [6, 6.07) is 8.87. The topological polar surface area (TPSA) is 83.6 Å². The monoisotopic (exact) mass is 312 g/mol. The molecule has 1 aliphatic carbocycles. The van der Waals surface area contributed by atoms with Crippen LogP contribution in [0.1, 0.15) is 52.9 Å². The number of aliphatic carboxylic acids is 1. The van der Waals surface area contributed by atoms with Crippen molar-refractivity contribution in [3.05, 3.63) is 47.3 Å². The molecule has 2 aliphatic rings. The van der Waals surface area contributed by atoms with Gasteiger partial charge in [0, 0.05) is 24.2 Å². The summed E-state index contributed by atoms with van der Waals surface area (Å²) in [6.45, 7) is 0.360. The number of nitrogens with zero attached hydrogens (tertiary/aromatic N) is 2. The fraction of sp³-hybridized carbons (Fsp3) is 0.353. The maximum absolute atomic E-state index is 12.8. The number of carboxylic acids is 1. The Kier molecular flexibility index (Phi) is 3.18. The smallest absolute Gasteiger partial charge is 0.311 e. The van der Waals surface area contributed by atoms with Crippen LogP contribution in [0.5, 0.6) is 0 Å². The van der Waals surface area contributed by atoms with Gasteiger partial charge in [-0.25, -0.2) is 0 Å².